The van der Waals surface area contributed by atoms with Crippen LogP contribution >= 0.6 is 0 Å². The number of benzene rings is 1. The number of ketones is 1. The number of anilines is 2. The van der Waals surface area contributed by atoms with E-state index in [9.17, 15) is 19.6 Å². The summed E-state index contributed by atoms with van der Waals surface area (Å²) in [5, 5.41) is 14.2. The number of nitroso groups, excluding NO2 is 1. The summed E-state index contributed by atoms with van der Waals surface area (Å²) in [4.78, 5) is 39.6. The van der Waals surface area contributed by atoms with Crippen molar-refractivity contribution in [3.63, 3.8) is 0 Å². The lowest BCUT2D eigenvalue weighted by Crippen LogP contribution is -2.44. The first-order chi connectivity index (χ1) is 14.9. The highest BCUT2D eigenvalue weighted by atomic mass is 19.1. The number of hydrogen-bond acceptors (Lipinski definition) is 7. The fraction of sp³-hybridized carbons (Fsp3) is 0.619. The molecule has 9 nitrogen and oxygen atoms in total. The van der Waals surface area contributed by atoms with Crippen molar-refractivity contribution in [2.75, 3.05) is 43.1 Å². The van der Waals surface area contributed by atoms with Gasteiger partial charge in [-0.3, -0.25) is 14.6 Å². The molecule has 1 unspecified atom stereocenters. The first-order valence-corrected chi connectivity index (χ1v) is 10.7. The van der Waals surface area contributed by atoms with E-state index in [0.29, 0.717) is 25.3 Å². The number of carboxylic acids is 1. The average Bonchev–Trinajstić information content (AvgIpc) is 3.50. The molecule has 3 aliphatic heterocycles. The normalized spacial score (nSPS) is 27.7. The molecule has 0 spiro atoms. The van der Waals surface area contributed by atoms with Crippen LogP contribution in [0.25, 0.3) is 0 Å². The van der Waals surface area contributed by atoms with E-state index in [0.717, 1.165) is 31.7 Å². The van der Waals surface area contributed by atoms with Gasteiger partial charge in [0.15, 0.2) is 17.3 Å². The molecule has 166 valence electrons. The van der Waals surface area contributed by atoms with Crippen molar-refractivity contribution < 1.29 is 23.8 Å². The van der Waals surface area contributed by atoms with Gasteiger partial charge in [-0.05, 0) is 31.7 Å². The molecule has 10 heteroatoms. The van der Waals surface area contributed by atoms with Gasteiger partial charge in [0.1, 0.15) is 11.6 Å². The Hall–Kier alpha value is -2.91. The number of carboxylic acid groups (broad SMARTS) is 1. The molecule has 31 heavy (non-hydrogen) atoms. The molecule has 0 aromatic heterocycles. The molecule has 1 aromatic carbocycles. The minimum atomic E-state index is -1.22. The summed E-state index contributed by atoms with van der Waals surface area (Å²) in [7, 11) is 1.44. The molecule has 1 N–H and O–H groups in total. The molecule has 5 rings (SSSR count). The molecule has 1 aromatic rings. The van der Waals surface area contributed by atoms with E-state index in [4.69, 9.17) is 4.74 Å². The number of nitrogens with zero attached hydrogens (tertiary/aromatic N) is 4. The van der Waals surface area contributed by atoms with Crippen molar-refractivity contribution in [1.29, 1.82) is 0 Å². The third kappa shape index (κ3) is 3.11. The summed E-state index contributed by atoms with van der Waals surface area (Å²) in [6.45, 7) is 1.67. The molecule has 3 heterocycles. The number of Topliss-reactive ketones (excluding diaryl/α,β-unsaturated/α-hetero) is 1. The molecule has 2 saturated heterocycles. The Balaban J connectivity index is 1.59. The zero-order valence-corrected chi connectivity index (χ0v) is 17.3. The summed E-state index contributed by atoms with van der Waals surface area (Å²) >= 11 is 0. The minimum Gasteiger partial charge on any atom is -0.492 e. The number of hydrogen-bond donors (Lipinski definition) is 1. The van der Waals surface area contributed by atoms with Crippen LogP contribution < -0.4 is 14.5 Å². The molecule has 0 radical (unpaired) electrons. The van der Waals surface area contributed by atoms with Crippen LogP contribution in [0.2, 0.25) is 0 Å². The maximum Gasteiger partial charge on any atom is 0.316 e. The largest absolute Gasteiger partial charge is 0.492 e. The maximum atomic E-state index is 15.4. The second-order valence-corrected chi connectivity index (χ2v) is 8.89. The maximum absolute atomic E-state index is 15.4. The highest BCUT2D eigenvalue weighted by Crippen LogP contribution is 2.50. The minimum absolute atomic E-state index is 0.0569. The highest BCUT2D eigenvalue weighted by molar-refractivity contribution is 6.14. The van der Waals surface area contributed by atoms with E-state index in [-0.39, 0.29) is 41.5 Å². The molecule has 3 atom stereocenters. The number of aliphatic carboxylic acids is 1. The number of piperidine rings is 1. The molecule has 0 bridgehead atoms. The number of fused-ring (bicyclic) bond motifs is 2. The summed E-state index contributed by atoms with van der Waals surface area (Å²) in [5.41, 5.74) is 0.828. The van der Waals surface area contributed by atoms with Gasteiger partial charge in [0, 0.05) is 43.7 Å². The predicted molar refractivity (Wildman–Crippen MR) is 110 cm³/mol. The summed E-state index contributed by atoms with van der Waals surface area (Å²) < 4.78 is 21.1. The molecule has 1 aliphatic carbocycles. The zero-order valence-electron chi connectivity index (χ0n) is 17.3. The topological polar surface area (TPSA) is 103 Å². The van der Waals surface area contributed by atoms with E-state index in [1.54, 1.807) is 5.01 Å². The number of carbonyl (C=O) groups is 2. The molecule has 3 fully saturated rings. The van der Waals surface area contributed by atoms with Gasteiger partial charge in [-0.15, -0.1) is 4.91 Å². The lowest BCUT2D eigenvalue weighted by molar-refractivity contribution is -0.139. The fourth-order valence-corrected chi connectivity index (χ4v) is 5.47. The summed E-state index contributed by atoms with van der Waals surface area (Å²) in [5.74, 6) is -3.16. The second-order valence-electron chi connectivity index (χ2n) is 8.89. The number of ether oxygens (including phenoxy) is 1. The quantitative estimate of drug-likeness (QED) is 0.559. The Morgan fingerprint density at radius 3 is 2.65 bits per heavy atom. The van der Waals surface area contributed by atoms with Crippen LogP contribution in [0.1, 0.15) is 36.0 Å². The van der Waals surface area contributed by atoms with Gasteiger partial charge in [0.05, 0.1) is 24.1 Å². The molecular formula is C21H25FN4O5. The van der Waals surface area contributed by atoms with Crippen molar-refractivity contribution in [3.8, 4) is 5.75 Å². The number of carbonyl (C=O) groups excluding carboxylic acids is 1. The van der Waals surface area contributed by atoms with Gasteiger partial charge < -0.3 is 19.6 Å². The van der Waals surface area contributed by atoms with Crippen LogP contribution in [0, 0.1) is 22.6 Å². The number of halogens is 1. The SMILES string of the molecule is COc1c(N2C[C@@H]3CCCN(N=O)[C@@H]3C2)c(F)cc2c1N(C1CC1)CC(C(=O)O)C2=O. The van der Waals surface area contributed by atoms with Gasteiger partial charge in [0.25, 0.3) is 0 Å². The van der Waals surface area contributed by atoms with E-state index in [1.807, 2.05) is 9.80 Å². The Kier molecular flexibility index (Phi) is 4.75. The number of rotatable bonds is 5. The van der Waals surface area contributed by atoms with Crippen molar-refractivity contribution in [2.45, 2.75) is 37.8 Å². The van der Waals surface area contributed by atoms with E-state index in [2.05, 4.69) is 5.29 Å². The third-order valence-corrected chi connectivity index (χ3v) is 7.09. The fourth-order valence-electron chi connectivity index (χ4n) is 5.47. The number of methoxy groups -OCH3 is 1. The van der Waals surface area contributed by atoms with Crippen molar-refractivity contribution in [1.82, 2.24) is 5.01 Å². The van der Waals surface area contributed by atoms with Crippen molar-refractivity contribution >= 4 is 23.1 Å². The van der Waals surface area contributed by atoms with E-state index < -0.39 is 23.5 Å². The van der Waals surface area contributed by atoms with Gasteiger partial charge in [-0.1, -0.05) is 0 Å². The summed E-state index contributed by atoms with van der Waals surface area (Å²) in [6, 6.07) is 1.21. The van der Waals surface area contributed by atoms with Gasteiger partial charge in [-0.2, -0.15) is 0 Å². The second kappa shape index (κ2) is 7.35. The van der Waals surface area contributed by atoms with Crippen LogP contribution in [-0.4, -0.2) is 67.2 Å². The molecular weight excluding hydrogens is 407 g/mol. The zero-order chi connectivity index (χ0) is 21.9. The monoisotopic (exact) mass is 432 g/mol. The lowest BCUT2D eigenvalue weighted by Gasteiger charge is -2.36. The standard InChI is InChI=1S/C21H25FN4O5/c1-31-20-17-13(19(27)14(21(28)29)9-25(17)12-4-5-12)7-15(22)18(20)24-8-11-3-2-6-26(23-30)16(11)10-24/h7,11-12,14,16H,2-6,8-10H2,1H3,(H,28,29)/t11-,14?,16+/m0/s1. The Bertz CT molecular complexity index is 952. The molecule has 0 amide bonds. The highest BCUT2D eigenvalue weighted by Gasteiger charge is 2.46. The predicted octanol–water partition coefficient (Wildman–Crippen LogP) is 2.28. The van der Waals surface area contributed by atoms with Crippen LogP contribution in [0.15, 0.2) is 11.4 Å². The van der Waals surface area contributed by atoms with Crippen LogP contribution in [0.4, 0.5) is 15.8 Å². The van der Waals surface area contributed by atoms with Crippen LogP contribution in [-0.2, 0) is 4.79 Å². The van der Waals surface area contributed by atoms with Crippen molar-refractivity contribution in [2.24, 2.45) is 17.1 Å². The van der Waals surface area contributed by atoms with Crippen LogP contribution in [0.5, 0.6) is 5.75 Å². The van der Waals surface area contributed by atoms with Crippen LogP contribution in [0.3, 0.4) is 0 Å². The average molecular weight is 432 g/mol. The van der Waals surface area contributed by atoms with Gasteiger partial charge >= 0.3 is 5.97 Å². The van der Waals surface area contributed by atoms with E-state index in [1.165, 1.54) is 7.11 Å². The first kappa shape index (κ1) is 20.0. The Morgan fingerprint density at radius 2 is 2.00 bits per heavy atom. The summed E-state index contributed by atoms with van der Waals surface area (Å²) in [6.07, 6.45) is 3.59. The molecule has 4 aliphatic rings. The first-order valence-electron chi connectivity index (χ1n) is 10.7. The molecule has 1 saturated carbocycles. The van der Waals surface area contributed by atoms with Gasteiger partial charge in [-0.25, -0.2) is 4.39 Å². The smallest absolute Gasteiger partial charge is 0.316 e. The van der Waals surface area contributed by atoms with Gasteiger partial charge in [0.2, 0.25) is 0 Å². The lowest BCUT2D eigenvalue weighted by atomic mass is 9.89. The van der Waals surface area contributed by atoms with Crippen molar-refractivity contribution in [3.05, 3.63) is 22.4 Å². The van der Waals surface area contributed by atoms with E-state index >= 15 is 4.39 Å². The third-order valence-electron chi connectivity index (χ3n) is 7.09. The Morgan fingerprint density at radius 1 is 1.23 bits per heavy atom. The Labute approximate surface area is 178 Å².